The minimum Gasteiger partial charge on any atom is -0.103 e. The van der Waals surface area contributed by atoms with Crippen LogP contribution in [0.4, 0.5) is 0 Å². The first-order valence-electron chi connectivity index (χ1n) is 7.15. The van der Waals surface area contributed by atoms with Crippen LogP contribution in [0.15, 0.2) is 61.7 Å². The van der Waals surface area contributed by atoms with Gasteiger partial charge in [0.2, 0.25) is 0 Å². The zero-order chi connectivity index (χ0) is 14.4. The Morgan fingerprint density at radius 3 is 2.60 bits per heavy atom. The van der Waals surface area contributed by atoms with Crippen molar-refractivity contribution in [3.8, 4) is 0 Å². The molecule has 0 radical (unpaired) electrons. The van der Waals surface area contributed by atoms with Crippen molar-refractivity contribution >= 4 is 18.2 Å². The van der Waals surface area contributed by atoms with Crippen molar-refractivity contribution in [1.82, 2.24) is 0 Å². The zero-order valence-corrected chi connectivity index (χ0v) is 12.1. The summed E-state index contributed by atoms with van der Waals surface area (Å²) < 4.78 is 0. The number of hydrogen-bond acceptors (Lipinski definition) is 0. The maximum absolute atomic E-state index is 3.98. The molecule has 20 heavy (non-hydrogen) atoms. The summed E-state index contributed by atoms with van der Waals surface area (Å²) in [7, 11) is 0. The van der Waals surface area contributed by atoms with Crippen LogP contribution in [0.3, 0.4) is 0 Å². The SMILES string of the molecule is C=CC/C=C/C1C=c2ccc(/C=C/C)cc2=CC1C=C. The minimum absolute atomic E-state index is 0.365. The first-order valence-corrected chi connectivity index (χ1v) is 7.15. The standard InChI is InChI=1S/C20H22/c1-4-7-8-10-18-15-19-12-11-16(9-5-2)13-20(19)14-17(18)6-3/h4-6,8-15,17-18H,1,3,7H2,2H3/b9-5+,10-8+. The monoisotopic (exact) mass is 262 g/mol. The highest BCUT2D eigenvalue weighted by Crippen LogP contribution is 2.20. The van der Waals surface area contributed by atoms with Crippen molar-refractivity contribution in [2.45, 2.75) is 13.3 Å². The number of rotatable bonds is 5. The molecule has 0 N–H and O–H groups in total. The molecular formula is C20H22. The molecule has 1 aliphatic rings. The van der Waals surface area contributed by atoms with Gasteiger partial charge in [-0.3, -0.25) is 0 Å². The van der Waals surface area contributed by atoms with Crippen molar-refractivity contribution in [1.29, 1.82) is 0 Å². The van der Waals surface area contributed by atoms with E-state index in [1.165, 1.54) is 16.0 Å². The van der Waals surface area contributed by atoms with Crippen molar-refractivity contribution in [2.75, 3.05) is 0 Å². The van der Waals surface area contributed by atoms with E-state index in [0.29, 0.717) is 11.8 Å². The molecule has 0 aromatic heterocycles. The fourth-order valence-electron chi connectivity index (χ4n) is 2.56. The molecule has 0 bridgehead atoms. The van der Waals surface area contributed by atoms with E-state index < -0.39 is 0 Å². The normalized spacial score (nSPS) is 21.2. The van der Waals surface area contributed by atoms with Crippen LogP contribution in [0.25, 0.3) is 18.2 Å². The van der Waals surface area contributed by atoms with E-state index >= 15 is 0 Å². The maximum Gasteiger partial charge on any atom is 0.00537 e. The molecule has 1 aromatic rings. The summed E-state index contributed by atoms with van der Waals surface area (Å²) in [6.07, 6.45) is 18.2. The van der Waals surface area contributed by atoms with E-state index in [0.717, 1.165) is 6.42 Å². The number of allylic oxidation sites excluding steroid dienone is 5. The highest BCUT2D eigenvalue weighted by molar-refractivity contribution is 5.54. The van der Waals surface area contributed by atoms with Crippen LogP contribution < -0.4 is 10.4 Å². The van der Waals surface area contributed by atoms with Crippen molar-refractivity contribution < 1.29 is 0 Å². The summed E-state index contributed by atoms with van der Waals surface area (Å²) in [5, 5.41) is 2.61. The molecule has 1 aliphatic carbocycles. The maximum atomic E-state index is 3.98. The van der Waals surface area contributed by atoms with Gasteiger partial charge in [0.15, 0.2) is 0 Å². The molecule has 0 fully saturated rings. The van der Waals surface area contributed by atoms with Gasteiger partial charge in [0.05, 0.1) is 0 Å². The minimum atomic E-state index is 0.365. The van der Waals surface area contributed by atoms with Crippen LogP contribution in [0.2, 0.25) is 0 Å². The zero-order valence-electron chi connectivity index (χ0n) is 12.1. The molecule has 0 aliphatic heterocycles. The Hall–Kier alpha value is -2.08. The average molecular weight is 262 g/mol. The Kier molecular flexibility index (Phi) is 4.95. The second-order valence-electron chi connectivity index (χ2n) is 5.06. The molecule has 0 spiro atoms. The van der Waals surface area contributed by atoms with Crippen LogP contribution in [-0.2, 0) is 0 Å². The summed E-state index contributed by atoms with van der Waals surface area (Å²) in [5.74, 6) is 0.761. The van der Waals surface area contributed by atoms with Gasteiger partial charge in [0, 0.05) is 11.8 Å². The van der Waals surface area contributed by atoms with Crippen molar-refractivity contribution in [3.63, 3.8) is 0 Å². The molecule has 102 valence electrons. The molecule has 2 rings (SSSR count). The topological polar surface area (TPSA) is 0 Å². The van der Waals surface area contributed by atoms with Gasteiger partial charge >= 0.3 is 0 Å². The predicted octanol–water partition coefficient (Wildman–Crippen LogP) is 3.85. The van der Waals surface area contributed by atoms with E-state index in [9.17, 15) is 0 Å². The van der Waals surface area contributed by atoms with Crippen LogP contribution in [0, 0.1) is 11.8 Å². The second kappa shape index (κ2) is 6.91. The third-order valence-electron chi connectivity index (χ3n) is 3.59. The smallest absolute Gasteiger partial charge is 0.00537 e. The third kappa shape index (κ3) is 3.27. The molecule has 0 saturated carbocycles. The predicted molar refractivity (Wildman–Crippen MR) is 90.5 cm³/mol. The van der Waals surface area contributed by atoms with Gasteiger partial charge in [-0.05, 0) is 35.4 Å². The van der Waals surface area contributed by atoms with Crippen LogP contribution >= 0.6 is 0 Å². The molecular weight excluding hydrogens is 240 g/mol. The van der Waals surface area contributed by atoms with E-state index in [2.05, 4.69) is 67.8 Å². The van der Waals surface area contributed by atoms with Crippen LogP contribution in [-0.4, -0.2) is 0 Å². The van der Waals surface area contributed by atoms with Gasteiger partial charge in [-0.15, -0.1) is 13.2 Å². The Balaban J connectivity index is 2.42. The highest BCUT2D eigenvalue weighted by atomic mass is 14.2. The molecule has 0 nitrogen and oxygen atoms in total. The Morgan fingerprint density at radius 1 is 1.10 bits per heavy atom. The fourth-order valence-corrected chi connectivity index (χ4v) is 2.56. The van der Waals surface area contributed by atoms with E-state index in [4.69, 9.17) is 0 Å². The number of hydrogen-bond donors (Lipinski definition) is 0. The van der Waals surface area contributed by atoms with Gasteiger partial charge < -0.3 is 0 Å². The largest absolute Gasteiger partial charge is 0.103 e. The lowest BCUT2D eigenvalue weighted by Gasteiger charge is -2.18. The first-order chi connectivity index (χ1) is 9.78. The van der Waals surface area contributed by atoms with Gasteiger partial charge in [-0.2, -0.15) is 0 Å². The lowest BCUT2D eigenvalue weighted by molar-refractivity contribution is 0.731. The second-order valence-corrected chi connectivity index (χ2v) is 5.06. The molecule has 0 heteroatoms. The summed E-state index contributed by atoms with van der Waals surface area (Å²) in [4.78, 5) is 0. The van der Waals surface area contributed by atoms with E-state index in [1.54, 1.807) is 0 Å². The van der Waals surface area contributed by atoms with Gasteiger partial charge in [0.1, 0.15) is 0 Å². The summed E-state index contributed by atoms with van der Waals surface area (Å²) in [6.45, 7) is 9.77. The van der Waals surface area contributed by atoms with Crippen LogP contribution in [0.1, 0.15) is 18.9 Å². The van der Waals surface area contributed by atoms with Crippen molar-refractivity contribution in [2.24, 2.45) is 11.8 Å². The van der Waals surface area contributed by atoms with Gasteiger partial charge in [0.25, 0.3) is 0 Å². The summed E-state index contributed by atoms with van der Waals surface area (Å²) in [6, 6.07) is 6.61. The van der Waals surface area contributed by atoms with E-state index in [-0.39, 0.29) is 0 Å². The third-order valence-corrected chi connectivity index (χ3v) is 3.59. The van der Waals surface area contributed by atoms with Gasteiger partial charge in [-0.1, -0.05) is 60.7 Å². The quantitative estimate of drug-likeness (QED) is 0.707. The molecule has 0 saturated heterocycles. The lowest BCUT2D eigenvalue weighted by atomic mass is 9.86. The summed E-state index contributed by atoms with van der Waals surface area (Å²) >= 11 is 0. The first kappa shape index (κ1) is 14.3. The number of fused-ring (bicyclic) bond motifs is 1. The fraction of sp³-hybridized carbons (Fsp3) is 0.200. The van der Waals surface area contributed by atoms with Crippen molar-refractivity contribution in [3.05, 3.63) is 77.7 Å². The summed E-state index contributed by atoms with van der Waals surface area (Å²) in [5.41, 5.74) is 1.25. The van der Waals surface area contributed by atoms with Gasteiger partial charge in [-0.25, -0.2) is 0 Å². The molecule has 2 atom stereocenters. The lowest BCUT2D eigenvalue weighted by Crippen LogP contribution is -2.32. The Labute approximate surface area is 121 Å². The Bertz CT molecular complexity index is 656. The molecule has 1 aromatic carbocycles. The molecule has 2 unspecified atom stereocenters. The molecule has 0 heterocycles. The Morgan fingerprint density at radius 2 is 1.90 bits per heavy atom. The number of benzene rings is 1. The molecule has 0 amide bonds. The highest BCUT2D eigenvalue weighted by Gasteiger charge is 2.14. The van der Waals surface area contributed by atoms with Crippen LogP contribution in [0.5, 0.6) is 0 Å². The average Bonchev–Trinajstić information content (AvgIpc) is 2.47. The van der Waals surface area contributed by atoms with E-state index in [1.807, 2.05) is 19.1 Å².